The molecule has 3 rings (SSSR count). The molecule has 0 unspecified atom stereocenters. The van der Waals surface area contributed by atoms with Gasteiger partial charge in [-0.25, -0.2) is 4.98 Å². The van der Waals surface area contributed by atoms with Gasteiger partial charge < -0.3 is 26.9 Å². The van der Waals surface area contributed by atoms with Crippen LogP contribution in [0, 0.1) is 0 Å². The highest BCUT2D eigenvalue weighted by Crippen LogP contribution is 2.34. The number of oxime groups is 1. The SMILES string of the molecule is CO/N=C(\N)c1ccc(CNC(=O)Cn2c(-c3cc(N)cc(C(F)(F)F)c3)cnc(NC(C)C)c2=O)cc1. The van der Waals surface area contributed by atoms with E-state index in [1.165, 1.54) is 19.4 Å². The molecule has 0 radical (unpaired) electrons. The number of amidine groups is 1. The minimum absolute atomic E-state index is 0.00303. The lowest BCUT2D eigenvalue weighted by molar-refractivity contribution is -0.137. The van der Waals surface area contributed by atoms with Crippen molar-refractivity contribution < 1.29 is 22.8 Å². The molecule has 0 saturated carbocycles. The van der Waals surface area contributed by atoms with Gasteiger partial charge in [0.15, 0.2) is 11.7 Å². The molecule has 0 fully saturated rings. The molecule has 0 aliphatic carbocycles. The Morgan fingerprint density at radius 3 is 2.47 bits per heavy atom. The summed E-state index contributed by atoms with van der Waals surface area (Å²) in [5.74, 6) is -0.393. The van der Waals surface area contributed by atoms with Crippen LogP contribution in [-0.4, -0.2) is 34.4 Å². The van der Waals surface area contributed by atoms with Crippen molar-refractivity contribution in [3.63, 3.8) is 0 Å². The highest BCUT2D eigenvalue weighted by Gasteiger charge is 2.31. The third kappa shape index (κ3) is 7.02. The molecule has 0 aliphatic rings. The van der Waals surface area contributed by atoms with E-state index in [1.807, 2.05) is 0 Å². The van der Waals surface area contributed by atoms with E-state index in [0.717, 1.165) is 22.3 Å². The summed E-state index contributed by atoms with van der Waals surface area (Å²) in [6.45, 7) is 3.24. The van der Waals surface area contributed by atoms with Crippen molar-refractivity contribution in [1.82, 2.24) is 14.9 Å². The topological polar surface area (TPSA) is 150 Å². The quantitative estimate of drug-likeness (QED) is 0.144. The maximum atomic E-state index is 13.4. The van der Waals surface area contributed by atoms with Crippen LogP contribution in [0.15, 0.2) is 58.6 Å². The number of nitrogens with two attached hydrogens (primary N) is 2. The van der Waals surface area contributed by atoms with Gasteiger partial charge in [0.1, 0.15) is 13.7 Å². The van der Waals surface area contributed by atoms with E-state index in [-0.39, 0.29) is 41.2 Å². The van der Waals surface area contributed by atoms with Crippen LogP contribution in [0.2, 0.25) is 0 Å². The Bertz CT molecular complexity index is 1380. The number of anilines is 2. The van der Waals surface area contributed by atoms with Crippen LogP contribution in [0.5, 0.6) is 0 Å². The van der Waals surface area contributed by atoms with Gasteiger partial charge in [-0.15, -0.1) is 0 Å². The van der Waals surface area contributed by atoms with Gasteiger partial charge in [0.25, 0.3) is 5.56 Å². The lowest BCUT2D eigenvalue weighted by Gasteiger charge is -2.17. The van der Waals surface area contributed by atoms with Crippen LogP contribution in [0.1, 0.15) is 30.5 Å². The number of carbonyl (C=O) groups is 1. The number of nitrogens with zero attached hydrogens (tertiary/aromatic N) is 3. The molecule has 1 amide bonds. The molecule has 1 heterocycles. The molecule has 3 aromatic rings. The fourth-order valence-corrected chi connectivity index (χ4v) is 3.56. The first-order chi connectivity index (χ1) is 17.9. The first-order valence-electron chi connectivity index (χ1n) is 11.5. The maximum Gasteiger partial charge on any atom is 0.416 e. The van der Waals surface area contributed by atoms with Gasteiger partial charge in [0, 0.05) is 29.4 Å². The summed E-state index contributed by atoms with van der Waals surface area (Å²) in [4.78, 5) is 34.8. The van der Waals surface area contributed by atoms with Gasteiger partial charge in [-0.05, 0) is 37.6 Å². The van der Waals surface area contributed by atoms with Crippen LogP contribution in [0.3, 0.4) is 0 Å². The average molecular weight is 532 g/mol. The number of hydrogen-bond donors (Lipinski definition) is 4. The fourth-order valence-electron chi connectivity index (χ4n) is 3.56. The molecule has 202 valence electrons. The zero-order valence-electron chi connectivity index (χ0n) is 21.0. The molecular weight excluding hydrogens is 503 g/mol. The molecule has 10 nitrogen and oxygen atoms in total. The number of nitrogen functional groups attached to an aromatic ring is 1. The summed E-state index contributed by atoms with van der Waals surface area (Å²) in [6, 6.07) is 9.65. The highest BCUT2D eigenvalue weighted by atomic mass is 19.4. The molecule has 0 atom stereocenters. The van der Waals surface area contributed by atoms with E-state index in [1.54, 1.807) is 38.1 Å². The zero-order valence-corrected chi connectivity index (χ0v) is 21.0. The molecule has 13 heteroatoms. The summed E-state index contributed by atoms with van der Waals surface area (Å²) in [7, 11) is 1.38. The van der Waals surface area contributed by atoms with Crippen LogP contribution in [0.25, 0.3) is 11.3 Å². The summed E-state index contributed by atoms with van der Waals surface area (Å²) in [6.07, 6.45) is -3.42. The Balaban J connectivity index is 1.90. The van der Waals surface area contributed by atoms with Gasteiger partial charge in [0.05, 0.1) is 17.5 Å². The summed E-state index contributed by atoms with van der Waals surface area (Å²) in [5.41, 5.74) is 11.0. The maximum absolute atomic E-state index is 13.4. The number of rotatable bonds is 9. The minimum Gasteiger partial charge on any atom is -0.399 e. The Hall–Kier alpha value is -4.55. The Labute approximate surface area is 216 Å². The predicted molar refractivity (Wildman–Crippen MR) is 138 cm³/mol. The molecule has 0 spiro atoms. The largest absolute Gasteiger partial charge is 0.416 e. The van der Waals surface area contributed by atoms with E-state index in [4.69, 9.17) is 11.5 Å². The van der Waals surface area contributed by atoms with E-state index >= 15 is 0 Å². The second kappa shape index (κ2) is 11.7. The standard InChI is InChI=1S/C25H28F3N7O3/c1-14(2)33-23-24(37)35(20(12-32-23)17-8-18(25(26,27)28)10-19(29)9-17)13-21(36)31-11-15-4-6-16(7-5-15)22(30)34-38-3/h4-10,12,14H,11,13,29H2,1-3H3,(H2,30,34)(H,31,36)(H,32,33). The van der Waals surface area contributed by atoms with Crippen molar-refractivity contribution in [3.05, 3.63) is 75.7 Å². The molecular formula is C25H28F3N7O3. The predicted octanol–water partition coefficient (Wildman–Crippen LogP) is 2.91. The normalized spacial score (nSPS) is 11.9. The number of alkyl halides is 3. The fraction of sp³-hybridized carbons (Fsp3) is 0.280. The third-order valence-electron chi connectivity index (χ3n) is 5.29. The smallest absolute Gasteiger partial charge is 0.399 e. The van der Waals surface area contributed by atoms with Gasteiger partial charge in [-0.2, -0.15) is 13.2 Å². The van der Waals surface area contributed by atoms with Crippen molar-refractivity contribution in [1.29, 1.82) is 0 Å². The van der Waals surface area contributed by atoms with Crippen molar-refractivity contribution in [2.24, 2.45) is 10.9 Å². The van der Waals surface area contributed by atoms with Crippen LogP contribution >= 0.6 is 0 Å². The zero-order chi connectivity index (χ0) is 28.0. The van der Waals surface area contributed by atoms with Gasteiger partial charge in [0.2, 0.25) is 5.91 Å². The second-order valence-corrected chi connectivity index (χ2v) is 8.66. The summed E-state index contributed by atoms with van der Waals surface area (Å²) in [5, 5.41) is 9.24. The lowest BCUT2D eigenvalue weighted by atomic mass is 10.1. The van der Waals surface area contributed by atoms with Crippen LogP contribution < -0.4 is 27.7 Å². The Kier molecular flexibility index (Phi) is 8.61. The lowest BCUT2D eigenvalue weighted by Crippen LogP contribution is -2.35. The second-order valence-electron chi connectivity index (χ2n) is 8.66. The van der Waals surface area contributed by atoms with Crippen molar-refractivity contribution in [2.45, 2.75) is 39.2 Å². The third-order valence-corrected chi connectivity index (χ3v) is 5.29. The van der Waals surface area contributed by atoms with E-state index in [9.17, 15) is 22.8 Å². The average Bonchev–Trinajstić information content (AvgIpc) is 2.84. The Morgan fingerprint density at radius 2 is 1.87 bits per heavy atom. The molecule has 1 aromatic heterocycles. The monoisotopic (exact) mass is 531 g/mol. The highest BCUT2D eigenvalue weighted by molar-refractivity contribution is 5.97. The number of amides is 1. The van der Waals surface area contributed by atoms with E-state index in [0.29, 0.717) is 5.56 Å². The van der Waals surface area contributed by atoms with Crippen molar-refractivity contribution >= 4 is 23.2 Å². The molecule has 38 heavy (non-hydrogen) atoms. The number of nitrogens with one attached hydrogen (secondary N) is 2. The summed E-state index contributed by atoms with van der Waals surface area (Å²) >= 11 is 0. The first-order valence-corrected chi connectivity index (χ1v) is 11.5. The van der Waals surface area contributed by atoms with Crippen molar-refractivity contribution in [3.8, 4) is 11.3 Å². The molecule has 2 aromatic carbocycles. The van der Waals surface area contributed by atoms with E-state index < -0.39 is 29.8 Å². The number of benzene rings is 2. The van der Waals surface area contributed by atoms with Crippen LogP contribution in [0.4, 0.5) is 24.7 Å². The van der Waals surface area contributed by atoms with Crippen molar-refractivity contribution in [2.75, 3.05) is 18.2 Å². The minimum atomic E-state index is -4.66. The number of hydrogen-bond acceptors (Lipinski definition) is 7. The van der Waals surface area contributed by atoms with Gasteiger partial charge >= 0.3 is 6.18 Å². The van der Waals surface area contributed by atoms with Gasteiger partial charge in [-0.3, -0.25) is 14.2 Å². The molecule has 6 N–H and O–H groups in total. The number of aromatic nitrogens is 2. The van der Waals surface area contributed by atoms with E-state index in [2.05, 4.69) is 25.6 Å². The first kappa shape index (κ1) is 28.0. The Morgan fingerprint density at radius 1 is 1.18 bits per heavy atom. The van der Waals surface area contributed by atoms with Gasteiger partial charge in [-0.1, -0.05) is 29.4 Å². The molecule has 0 saturated heterocycles. The molecule has 0 aliphatic heterocycles. The number of halogens is 3. The summed E-state index contributed by atoms with van der Waals surface area (Å²) < 4.78 is 41.3. The number of carbonyl (C=O) groups excluding carboxylic acids is 1. The van der Waals surface area contributed by atoms with Crippen LogP contribution in [-0.2, 0) is 28.9 Å². The molecule has 0 bridgehead atoms.